The molecular formula is C11H15BNO. The zero-order valence-corrected chi connectivity index (χ0v) is 8.92. The van der Waals surface area contributed by atoms with Crippen LogP contribution >= 0.6 is 0 Å². The van der Waals surface area contributed by atoms with Crippen molar-refractivity contribution in [1.82, 2.24) is 5.32 Å². The lowest BCUT2D eigenvalue weighted by Crippen LogP contribution is -2.17. The Balaban J connectivity index is 0.00000169. The van der Waals surface area contributed by atoms with E-state index in [0.717, 1.165) is 12.0 Å². The van der Waals surface area contributed by atoms with Crippen molar-refractivity contribution in [1.29, 1.82) is 0 Å². The first-order valence-corrected chi connectivity index (χ1v) is 4.50. The minimum atomic E-state index is -0.0225. The van der Waals surface area contributed by atoms with Crippen LogP contribution in [0.5, 0.6) is 0 Å². The van der Waals surface area contributed by atoms with Gasteiger partial charge in [-0.05, 0) is 36.6 Å². The van der Waals surface area contributed by atoms with Gasteiger partial charge in [-0.25, -0.2) is 0 Å². The van der Waals surface area contributed by atoms with E-state index in [4.69, 9.17) is 0 Å². The van der Waals surface area contributed by atoms with Crippen molar-refractivity contribution < 1.29 is 4.79 Å². The van der Waals surface area contributed by atoms with E-state index in [1.165, 1.54) is 11.1 Å². The maximum absolute atomic E-state index is 11.3. The van der Waals surface area contributed by atoms with Crippen molar-refractivity contribution in [3.8, 4) is 0 Å². The van der Waals surface area contributed by atoms with Crippen LogP contribution < -0.4 is 5.32 Å². The van der Waals surface area contributed by atoms with Crippen molar-refractivity contribution >= 4 is 14.3 Å². The smallest absolute Gasteiger partial charge is 0.251 e. The number of amides is 1. The number of hydrogen-bond acceptors (Lipinski definition) is 1. The van der Waals surface area contributed by atoms with Crippen LogP contribution in [0.4, 0.5) is 0 Å². The summed E-state index contributed by atoms with van der Waals surface area (Å²) in [6.45, 7) is 4.15. The number of carbonyl (C=O) groups excluding carboxylic acids is 1. The van der Waals surface area contributed by atoms with Crippen LogP contribution in [0.1, 0.15) is 28.4 Å². The zero-order valence-electron chi connectivity index (χ0n) is 8.92. The Kier molecular flexibility index (Phi) is 4.99. The van der Waals surface area contributed by atoms with Gasteiger partial charge in [-0.2, -0.15) is 0 Å². The molecule has 3 radical (unpaired) electrons. The van der Waals surface area contributed by atoms with Crippen LogP contribution in [0.3, 0.4) is 0 Å². The summed E-state index contributed by atoms with van der Waals surface area (Å²) < 4.78 is 0. The summed E-state index contributed by atoms with van der Waals surface area (Å²) in [6.07, 6.45) is 1.01. The highest BCUT2D eigenvalue weighted by molar-refractivity contribution is 5.94. The predicted molar refractivity (Wildman–Crippen MR) is 59.7 cm³/mol. The average molecular weight is 188 g/mol. The van der Waals surface area contributed by atoms with Crippen molar-refractivity contribution in [2.45, 2.75) is 20.3 Å². The number of aryl methyl sites for hydroxylation is 2. The van der Waals surface area contributed by atoms with E-state index in [0.29, 0.717) is 0 Å². The average Bonchev–Trinajstić information content (AvgIpc) is 2.16. The van der Waals surface area contributed by atoms with Gasteiger partial charge in [0.05, 0.1) is 0 Å². The van der Waals surface area contributed by atoms with Gasteiger partial charge in [0.2, 0.25) is 0 Å². The molecule has 0 unspecified atom stereocenters. The molecule has 0 saturated carbocycles. The fraction of sp³-hybridized carbons (Fsp3) is 0.364. The molecule has 0 bridgehead atoms. The standard InChI is InChI=1S/C11H15NO.B/c1-4-9-5-6-10(7-8(9)2)11(13)12-3;/h5-7H,4H2,1-3H3,(H,12,13);. The molecule has 0 spiro atoms. The van der Waals surface area contributed by atoms with E-state index >= 15 is 0 Å². The number of hydrogen-bond donors (Lipinski definition) is 1. The lowest BCUT2D eigenvalue weighted by atomic mass is 10.0. The zero-order chi connectivity index (χ0) is 9.84. The van der Waals surface area contributed by atoms with E-state index < -0.39 is 0 Å². The second-order valence-electron chi connectivity index (χ2n) is 3.07. The monoisotopic (exact) mass is 188 g/mol. The molecule has 0 fully saturated rings. The van der Waals surface area contributed by atoms with Gasteiger partial charge >= 0.3 is 0 Å². The van der Waals surface area contributed by atoms with Gasteiger partial charge in [0, 0.05) is 21.0 Å². The van der Waals surface area contributed by atoms with Gasteiger partial charge in [0.1, 0.15) is 0 Å². The first-order chi connectivity index (χ1) is 6.19. The molecule has 0 saturated heterocycles. The Morgan fingerprint density at radius 3 is 2.50 bits per heavy atom. The van der Waals surface area contributed by atoms with E-state index in [2.05, 4.69) is 12.2 Å². The van der Waals surface area contributed by atoms with Crippen LogP contribution in [0.15, 0.2) is 18.2 Å². The first-order valence-electron chi connectivity index (χ1n) is 4.50. The first kappa shape index (κ1) is 12.8. The van der Waals surface area contributed by atoms with Gasteiger partial charge in [-0.3, -0.25) is 4.79 Å². The van der Waals surface area contributed by atoms with Gasteiger partial charge in [-0.1, -0.05) is 13.0 Å². The largest absolute Gasteiger partial charge is 0.355 e. The number of carbonyl (C=O) groups is 1. The van der Waals surface area contributed by atoms with Gasteiger partial charge < -0.3 is 5.32 Å². The summed E-state index contributed by atoms with van der Waals surface area (Å²) in [5.74, 6) is -0.0225. The topological polar surface area (TPSA) is 29.1 Å². The van der Waals surface area contributed by atoms with Crippen molar-refractivity contribution in [2.75, 3.05) is 7.05 Å². The predicted octanol–water partition coefficient (Wildman–Crippen LogP) is 1.54. The number of nitrogens with one attached hydrogen (secondary N) is 1. The fourth-order valence-corrected chi connectivity index (χ4v) is 1.38. The molecule has 3 heteroatoms. The molecule has 0 aliphatic heterocycles. The molecule has 1 amide bonds. The quantitative estimate of drug-likeness (QED) is 0.700. The van der Waals surface area contributed by atoms with E-state index in [9.17, 15) is 4.79 Å². The van der Waals surface area contributed by atoms with Crippen LogP contribution in [0.2, 0.25) is 0 Å². The van der Waals surface area contributed by atoms with Crippen LogP contribution in [-0.4, -0.2) is 21.4 Å². The van der Waals surface area contributed by atoms with Crippen molar-refractivity contribution in [3.05, 3.63) is 34.9 Å². The molecule has 2 nitrogen and oxygen atoms in total. The summed E-state index contributed by atoms with van der Waals surface area (Å²) in [5.41, 5.74) is 3.22. The second-order valence-corrected chi connectivity index (χ2v) is 3.07. The third-order valence-electron chi connectivity index (χ3n) is 2.21. The van der Waals surface area contributed by atoms with Gasteiger partial charge in [-0.15, -0.1) is 0 Å². The minimum absolute atomic E-state index is 0. The second kappa shape index (κ2) is 5.48. The molecule has 1 N–H and O–H groups in total. The summed E-state index contributed by atoms with van der Waals surface area (Å²) in [6, 6.07) is 5.81. The van der Waals surface area contributed by atoms with Crippen LogP contribution in [0.25, 0.3) is 0 Å². The van der Waals surface area contributed by atoms with E-state index in [-0.39, 0.29) is 14.3 Å². The summed E-state index contributed by atoms with van der Waals surface area (Å²) >= 11 is 0. The maximum atomic E-state index is 11.3. The molecule has 1 aromatic rings. The Morgan fingerprint density at radius 1 is 1.43 bits per heavy atom. The molecule has 1 aromatic carbocycles. The SMILES string of the molecule is CCc1ccc(C(=O)NC)cc1C.[B]. The highest BCUT2D eigenvalue weighted by Crippen LogP contribution is 2.11. The molecule has 1 rings (SSSR count). The van der Waals surface area contributed by atoms with Crippen molar-refractivity contribution in [3.63, 3.8) is 0 Å². The molecule has 14 heavy (non-hydrogen) atoms. The Morgan fingerprint density at radius 2 is 2.07 bits per heavy atom. The highest BCUT2D eigenvalue weighted by Gasteiger charge is 2.04. The minimum Gasteiger partial charge on any atom is -0.355 e. The molecule has 0 heterocycles. The maximum Gasteiger partial charge on any atom is 0.251 e. The van der Waals surface area contributed by atoms with Crippen LogP contribution in [0, 0.1) is 6.92 Å². The summed E-state index contributed by atoms with van der Waals surface area (Å²) in [7, 11) is 1.64. The Bertz CT molecular complexity index is 323. The lowest BCUT2D eigenvalue weighted by molar-refractivity contribution is 0.0963. The van der Waals surface area contributed by atoms with Gasteiger partial charge in [0.15, 0.2) is 0 Å². The Labute approximate surface area is 87.3 Å². The lowest BCUT2D eigenvalue weighted by Gasteiger charge is -2.05. The van der Waals surface area contributed by atoms with E-state index in [1.807, 2.05) is 25.1 Å². The van der Waals surface area contributed by atoms with E-state index in [1.54, 1.807) is 7.05 Å². The number of rotatable bonds is 2. The Hall–Kier alpha value is -1.25. The fourth-order valence-electron chi connectivity index (χ4n) is 1.38. The molecule has 0 atom stereocenters. The van der Waals surface area contributed by atoms with Gasteiger partial charge in [0.25, 0.3) is 5.91 Å². The number of benzene rings is 1. The van der Waals surface area contributed by atoms with Crippen molar-refractivity contribution in [2.24, 2.45) is 0 Å². The molecular weight excluding hydrogens is 173 g/mol. The summed E-state index contributed by atoms with van der Waals surface area (Å²) in [5, 5.41) is 2.61. The third-order valence-corrected chi connectivity index (χ3v) is 2.21. The third kappa shape index (κ3) is 2.62. The molecule has 0 aliphatic carbocycles. The van der Waals surface area contributed by atoms with Crippen LogP contribution in [-0.2, 0) is 6.42 Å². The molecule has 73 valence electrons. The molecule has 0 aromatic heterocycles. The summed E-state index contributed by atoms with van der Waals surface area (Å²) in [4.78, 5) is 11.3. The molecule has 0 aliphatic rings. The highest BCUT2D eigenvalue weighted by atomic mass is 16.1. The normalized spacial score (nSPS) is 9.07.